The minimum atomic E-state index is -0.505. The second kappa shape index (κ2) is 7.75. The summed E-state index contributed by atoms with van der Waals surface area (Å²) in [6, 6.07) is 5.67. The first-order valence-electron chi connectivity index (χ1n) is 11.3. The van der Waals surface area contributed by atoms with E-state index in [9.17, 15) is 9.59 Å². The number of amidine groups is 1. The molecule has 2 saturated heterocycles. The highest BCUT2D eigenvalue weighted by Crippen LogP contribution is 2.28. The Morgan fingerprint density at radius 3 is 2.42 bits per heavy atom. The first-order chi connectivity index (χ1) is 14.9. The fourth-order valence-electron chi connectivity index (χ4n) is 5.24. The molecule has 0 N–H and O–H groups in total. The summed E-state index contributed by atoms with van der Waals surface area (Å²) in [7, 11) is 1.73. The normalized spacial score (nSPS) is 24.2. The molecule has 2 fully saturated rings. The molecule has 1 aromatic carbocycles. The number of anilines is 1. The summed E-state index contributed by atoms with van der Waals surface area (Å²) in [5.74, 6) is 1.18. The molecule has 0 bridgehead atoms. The van der Waals surface area contributed by atoms with Crippen molar-refractivity contribution < 1.29 is 14.2 Å². The van der Waals surface area contributed by atoms with E-state index in [2.05, 4.69) is 46.4 Å². The Bertz CT molecular complexity index is 974. The lowest BCUT2D eigenvalue weighted by Gasteiger charge is -2.35. The van der Waals surface area contributed by atoms with Crippen LogP contribution in [0.4, 0.5) is 10.5 Å². The summed E-state index contributed by atoms with van der Waals surface area (Å²) >= 11 is 0. The van der Waals surface area contributed by atoms with Crippen molar-refractivity contribution in [3.8, 4) is 0 Å². The molecule has 31 heavy (non-hydrogen) atoms. The number of fused-ring (bicyclic) bond motifs is 2. The Labute approximate surface area is 183 Å². The van der Waals surface area contributed by atoms with Crippen molar-refractivity contribution in [1.29, 1.82) is 0 Å². The van der Waals surface area contributed by atoms with Gasteiger partial charge in [-0.1, -0.05) is 17.5 Å². The van der Waals surface area contributed by atoms with Gasteiger partial charge in [0.2, 0.25) is 11.9 Å². The van der Waals surface area contributed by atoms with E-state index < -0.39 is 6.04 Å². The number of likely N-dealkylation sites (N-methyl/N-ethyl adjacent to an activating group) is 1. The SMILES string of the molecule is Cc1cc(C)cc(N2CC[N+]3=C2N=C2C3C(=O)N(CCN3CCCCC3)C(=O)N2C)c1. The number of rotatable bonds is 4. The molecule has 4 aliphatic heterocycles. The van der Waals surface area contributed by atoms with Crippen LogP contribution in [0.3, 0.4) is 0 Å². The van der Waals surface area contributed by atoms with Crippen LogP contribution in [0.25, 0.3) is 0 Å². The molecule has 4 heterocycles. The van der Waals surface area contributed by atoms with Crippen molar-refractivity contribution in [1.82, 2.24) is 14.7 Å². The monoisotopic (exact) mass is 423 g/mol. The number of nitrogens with zero attached hydrogens (tertiary/aromatic N) is 6. The summed E-state index contributed by atoms with van der Waals surface area (Å²) in [4.78, 5) is 38.7. The molecule has 0 radical (unpaired) electrons. The lowest BCUT2D eigenvalue weighted by molar-refractivity contribution is -0.525. The van der Waals surface area contributed by atoms with E-state index >= 15 is 0 Å². The van der Waals surface area contributed by atoms with Crippen molar-refractivity contribution in [2.75, 3.05) is 51.2 Å². The molecule has 0 saturated carbocycles. The molecule has 1 atom stereocenters. The molecule has 5 rings (SSSR count). The zero-order valence-corrected chi connectivity index (χ0v) is 18.7. The number of likely N-dealkylation sites (tertiary alicyclic amines) is 1. The summed E-state index contributed by atoms with van der Waals surface area (Å²) in [5, 5.41) is 0. The predicted molar refractivity (Wildman–Crippen MR) is 120 cm³/mol. The van der Waals surface area contributed by atoms with Gasteiger partial charge < -0.3 is 4.90 Å². The molecular formula is C23H31N6O2+. The van der Waals surface area contributed by atoms with Crippen LogP contribution in [-0.4, -0.2) is 95.4 Å². The van der Waals surface area contributed by atoms with Crippen LogP contribution < -0.4 is 4.90 Å². The van der Waals surface area contributed by atoms with Crippen LogP contribution in [0, 0.1) is 13.8 Å². The predicted octanol–water partition coefficient (Wildman–Crippen LogP) is 1.65. The average Bonchev–Trinajstić information content (AvgIpc) is 3.31. The molecular weight excluding hydrogens is 392 g/mol. The third kappa shape index (κ3) is 3.43. The zero-order valence-electron chi connectivity index (χ0n) is 18.7. The quantitative estimate of drug-likeness (QED) is 0.691. The van der Waals surface area contributed by atoms with Crippen LogP contribution in [0.5, 0.6) is 0 Å². The third-order valence-corrected chi connectivity index (χ3v) is 6.80. The van der Waals surface area contributed by atoms with Gasteiger partial charge in [-0.05, 0) is 63.0 Å². The summed E-state index contributed by atoms with van der Waals surface area (Å²) in [6.45, 7) is 8.97. The first kappa shape index (κ1) is 20.2. The minimum absolute atomic E-state index is 0.142. The molecule has 0 aliphatic carbocycles. The third-order valence-electron chi connectivity index (χ3n) is 6.80. The number of imide groups is 1. The van der Waals surface area contributed by atoms with E-state index in [0.717, 1.165) is 37.8 Å². The van der Waals surface area contributed by atoms with Gasteiger partial charge in [-0.15, -0.1) is 0 Å². The van der Waals surface area contributed by atoms with Crippen LogP contribution in [0.1, 0.15) is 30.4 Å². The Balaban J connectivity index is 1.40. The number of urea groups is 1. The number of aryl methyl sites for hydroxylation is 2. The Hall–Kier alpha value is -2.74. The van der Waals surface area contributed by atoms with Crippen molar-refractivity contribution in [2.45, 2.75) is 39.2 Å². The Morgan fingerprint density at radius 2 is 1.71 bits per heavy atom. The van der Waals surface area contributed by atoms with Gasteiger partial charge in [0.25, 0.3) is 5.91 Å². The van der Waals surface area contributed by atoms with E-state index in [1.165, 1.54) is 35.3 Å². The number of amides is 3. The molecule has 164 valence electrons. The largest absolute Gasteiger partial charge is 0.397 e. The highest BCUT2D eigenvalue weighted by atomic mass is 16.2. The van der Waals surface area contributed by atoms with Crippen molar-refractivity contribution in [3.63, 3.8) is 0 Å². The molecule has 1 aromatic rings. The van der Waals surface area contributed by atoms with E-state index in [-0.39, 0.29) is 11.9 Å². The second-order valence-corrected chi connectivity index (χ2v) is 9.10. The van der Waals surface area contributed by atoms with Gasteiger partial charge in [-0.25, -0.2) is 14.3 Å². The van der Waals surface area contributed by atoms with E-state index in [1.54, 1.807) is 11.9 Å². The van der Waals surface area contributed by atoms with Gasteiger partial charge in [-0.3, -0.25) is 14.6 Å². The molecule has 8 nitrogen and oxygen atoms in total. The molecule has 3 amide bonds. The van der Waals surface area contributed by atoms with Gasteiger partial charge in [-0.2, -0.15) is 0 Å². The lowest BCUT2D eigenvalue weighted by Crippen LogP contribution is -2.63. The maximum absolute atomic E-state index is 13.4. The van der Waals surface area contributed by atoms with Crippen LogP contribution in [0.15, 0.2) is 23.2 Å². The second-order valence-electron chi connectivity index (χ2n) is 9.10. The molecule has 1 unspecified atom stereocenters. The number of hydrogen-bond donors (Lipinski definition) is 0. The van der Waals surface area contributed by atoms with E-state index in [1.807, 2.05) is 0 Å². The number of benzene rings is 1. The molecule has 8 heteroatoms. The maximum atomic E-state index is 13.4. The number of carbonyl (C=O) groups excluding carboxylic acids is 2. The summed E-state index contributed by atoms with van der Waals surface area (Å²) in [5.41, 5.74) is 3.48. The number of guanidine groups is 1. The van der Waals surface area contributed by atoms with Gasteiger partial charge in [0, 0.05) is 20.1 Å². The molecule has 0 aromatic heterocycles. The number of carbonyl (C=O) groups is 2. The zero-order chi connectivity index (χ0) is 21.7. The number of aliphatic imine (C=N–C) groups is 1. The van der Waals surface area contributed by atoms with E-state index in [4.69, 9.17) is 4.99 Å². The van der Waals surface area contributed by atoms with Gasteiger partial charge in [0.05, 0.1) is 6.54 Å². The fraction of sp³-hybridized carbons (Fsp3) is 0.565. The van der Waals surface area contributed by atoms with E-state index in [0.29, 0.717) is 18.9 Å². The van der Waals surface area contributed by atoms with Crippen molar-refractivity contribution in [2.24, 2.45) is 4.99 Å². The van der Waals surface area contributed by atoms with Crippen LogP contribution in [-0.2, 0) is 4.79 Å². The van der Waals surface area contributed by atoms with Gasteiger partial charge in [0.15, 0.2) is 0 Å². The van der Waals surface area contributed by atoms with Crippen LogP contribution in [0.2, 0.25) is 0 Å². The van der Waals surface area contributed by atoms with Crippen LogP contribution >= 0.6 is 0 Å². The highest BCUT2D eigenvalue weighted by Gasteiger charge is 2.55. The van der Waals surface area contributed by atoms with Gasteiger partial charge in [0.1, 0.15) is 12.2 Å². The fourth-order valence-corrected chi connectivity index (χ4v) is 5.24. The number of piperidine rings is 1. The molecule has 0 spiro atoms. The molecule has 4 aliphatic rings. The minimum Gasteiger partial charge on any atom is -0.302 e. The topological polar surface area (TPSA) is 62.5 Å². The average molecular weight is 424 g/mol. The van der Waals surface area contributed by atoms with Crippen molar-refractivity contribution >= 4 is 29.4 Å². The smallest absolute Gasteiger partial charge is 0.302 e. The maximum Gasteiger partial charge on any atom is 0.397 e. The highest BCUT2D eigenvalue weighted by molar-refractivity contribution is 6.24. The standard InChI is InChI=1S/C23H31N6O2/c1-16-13-17(2)15-18(14-16)27-11-12-28-19-20(24-22(27)28)25(3)23(31)29(21(19)30)10-9-26-7-5-4-6-8-26/h13-15,19H,4-12H2,1-3H3/q+1. The summed E-state index contributed by atoms with van der Waals surface area (Å²) < 4.78 is 2.06. The Kier molecular flexibility index (Phi) is 5.04. The lowest BCUT2D eigenvalue weighted by atomic mass is 10.1. The van der Waals surface area contributed by atoms with Gasteiger partial charge >= 0.3 is 12.0 Å². The first-order valence-corrected chi connectivity index (χ1v) is 11.3. The number of hydrogen-bond acceptors (Lipinski definition) is 5. The Morgan fingerprint density at radius 1 is 1.00 bits per heavy atom. The summed E-state index contributed by atoms with van der Waals surface area (Å²) in [6.07, 6.45) is 3.66. The van der Waals surface area contributed by atoms with Crippen molar-refractivity contribution in [3.05, 3.63) is 29.3 Å².